The van der Waals surface area contributed by atoms with Crippen LogP contribution in [0.5, 0.6) is 0 Å². The zero-order chi connectivity index (χ0) is 18.9. The van der Waals surface area contributed by atoms with Crippen LogP contribution in [-0.2, 0) is 22.4 Å². The Labute approximate surface area is 162 Å². The molecule has 2 aromatic carbocycles. The molecule has 0 spiro atoms. The van der Waals surface area contributed by atoms with Gasteiger partial charge in [-0.05, 0) is 62.3 Å². The largest absolute Gasteiger partial charge is 0.380 e. The van der Waals surface area contributed by atoms with Crippen molar-refractivity contribution in [2.75, 3.05) is 18.1 Å². The molecule has 3 heteroatoms. The summed E-state index contributed by atoms with van der Waals surface area (Å²) in [6, 6.07) is 16.9. The third-order valence-corrected chi connectivity index (χ3v) is 6.05. The van der Waals surface area contributed by atoms with Crippen molar-refractivity contribution in [2.45, 2.75) is 57.4 Å². The van der Waals surface area contributed by atoms with Gasteiger partial charge in [-0.25, -0.2) is 0 Å². The van der Waals surface area contributed by atoms with E-state index in [4.69, 9.17) is 4.74 Å². The summed E-state index contributed by atoms with van der Waals surface area (Å²) in [7, 11) is 0. The lowest BCUT2D eigenvalue weighted by molar-refractivity contribution is -0.119. The highest BCUT2D eigenvalue weighted by Crippen LogP contribution is 2.41. The second-order valence-electron chi connectivity index (χ2n) is 8.46. The quantitative estimate of drug-likeness (QED) is 0.758. The number of rotatable bonds is 5. The summed E-state index contributed by atoms with van der Waals surface area (Å²) in [5, 5.41) is 0. The van der Waals surface area contributed by atoms with E-state index < -0.39 is 0 Å². The van der Waals surface area contributed by atoms with Gasteiger partial charge in [0.15, 0.2) is 0 Å². The van der Waals surface area contributed by atoms with E-state index in [0.717, 1.165) is 44.6 Å². The van der Waals surface area contributed by atoms with E-state index in [2.05, 4.69) is 61.2 Å². The molecule has 0 radical (unpaired) electrons. The fraction of sp³-hybridized carbons (Fsp3) is 0.458. The van der Waals surface area contributed by atoms with Gasteiger partial charge in [-0.3, -0.25) is 4.79 Å². The van der Waals surface area contributed by atoms with Crippen molar-refractivity contribution in [3.05, 3.63) is 65.2 Å². The fourth-order valence-corrected chi connectivity index (χ4v) is 4.41. The highest BCUT2D eigenvalue weighted by Gasteiger charge is 2.38. The van der Waals surface area contributed by atoms with E-state index in [1.54, 1.807) is 0 Å². The SMILES string of the molecule is CC1(C)CCc2c(C3COC3)cccc2N1C(=O)CCCc1ccccc1. The van der Waals surface area contributed by atoms with Crippen molar-refractivity contribution in [3.8, 4) is 0 Å². The minimum atomic E-state index is -0.133. The molecule has 0 unspecified atom stereocenters. The third-order valence-electron chi connectivity index (χ3n) is 6.05. The van der Waals surface area contributed by atoms with Crippen LogP contribution in [0.15, 0.2) is 48.5 Å². The van der Waals surface area contributed by atoms with Crippen molar-refractivity contribution in [1.82, 2.24) is 0 Å². The molecule has 4 rings (SSSR count). The van der Waals surface area contributed by atoms with Crippen LogP contribution in [0.25, 0.3) is 0 Å². The zero-order valence-electron chi connectivity index (χ0n) is 16.4. The molecule has 1 amide bonds. The molecule has 1 saturated heterocycles. The molecule has 0 aromatic heterocycles. The van der Waals surface area contributed by atoms with E-state index in [1.165, 1.54) is 16.7 Å². The van der Waals surface area contributed by atoms with Gasteiger partial charge in [0.1, 0.15) is 0 Å². The molecule has 0 bridgehead atoms. The number of hydrogen-bond acceptors (Lipinski definition) is 2. The molecule has 0 atom stereocenters. The van der Waals surface area contributed by atoms with Gasteiger partial charge in [0, 0.05) is 23.6 Å². The summed E-state index contributed by atoms with van der Waals surface area (Å²) >= 11 is 0. The van der Waals surface area contributed by atoms with Crippen molar-refractivity contribution in [1.29, 1.82) is 0 Å². The first kappa shape index (κ1) is 18.2. The first-order valence-electron chi connectivity index (χ1n) is 10.1. The summed E-state index contributed by atoms with van der Waals surface area (Å²) in [4.78, 5) is 15.3. The summed E-state index contributed by atoms with van der Waals surface area (Å²) in [5.74, 6) is 0.745. The number of anilines is 1. The molecule has 142 valence electrons. The first-order valence-corrected chi connectivity index (χ1v) is 10.1. The molecule has 3 nitrogen and oxygen atoms in total. The van der Waals surface area contributed by atoms with E-state index in [0.29, 0.717) is 12.3 Å². The molecule has 2 aliphatic heterocycles. The number of aryl methyl sites for hydroxylation is 1. The molecule has 27 heavy (non-hydrogen) atoms. The van der Waals surface area contributed by atoms with Gasteiger partial charge in [0.2, 0.25) is 5.91 Å². The average molecular weight is 364 g/mol. The van der Waals surface area contributed by atoms with E-state index in [9.17, 15) is 4.79 Å². The fourth-order valence-electron chi connectivity index (χ4n) is 4.41. The van der Waals surface area contributed by atoms with Crippen LogP contribution >= 0.6 is 0 Å². The molecule has 1 fully saturated rings. The van der Waals surface area contributed by atoms with Gasteiger partial charge in [0.25, 0.3) is 0 Å². The number of carbonyl (C=O) groups excluding carboxylic acids is 1. The lowest BCUT2D eigenvalue weighted by Gasteiger charge is -2.45. The monoisotopic (exact) mass is 363 g/mol. The summed E-state index contributed by atoms with van der Waals surface area (Å²) < 4.78 is 5.41. The number of ether oxygens (including phenoxy) is 1. The van der Waals surface area contributed by atoms with Crippen LogP contribution in [-0.4, -0.2) is 24.7 Å². The Balaban J connectivity index is 1.53. The molecule has 2 aromatic rings. The zero-order valence-corrected chi connectivity index (χ0v) is 16.4. The van der Waals surface area contributed by atoms with Crippen molar-refractivity contribution in [2.24, 2.45) is 0 Å². The number of carbonyl (C=O) groups is 1. The number of nitrogens with zero attached hydrogens (tertiary/aromatic N) is 1. The predicted octanol–water partition coefficient (Wildman–Crippen LogP) is 4.88. The van der Waals surface area contributed by atoms with E-state index >= 15 is 0 Å². The lowest BCUT2D eigenvalue weighted by Crippen LogP contribution is -2.51. The summed E-state index contributed by atoms with van der Waals surface area (Å²) in [5.41, 5.74) is 5.04. The molecular weight excluding hydrogens is 334 g/mol. The van der Waals surface area contributed by atoms with Crippen LogP contribution in [0.1, 0.15) is 55.7 Å². The standard InChI is InChI=1S/C24H29NO2/c1-24(2)15-14-21-20(19-16-27-17-19)11-7-12-22(21)25(24)23(26)13-6-10-18-8-4-3-5-9-18/h3-5,7-9,11-12,19H,6,10,13-17H2,1-2H3. The molecule has 2 aliphatic rings. The van der Waals surface area contributed by atoms with Gasteiger partial charge < -0.3 is 9.64 Å². The summed E-state index contributed by atoms with van der Waals surface area (Å²) in [6.45, 7) is 6.02. The van der Waals surface area contributed by atoms with Crippen LogP contribution in [0.4, 0.5) is 5.69 Å². The molecule has 0 N–H and O–H groups in total. The van der Waals surface area contributed by atoms with Gasteiger partial charge in [-0.1, -0.05) is 42.5 Å². The van der Waals surface area contributed by atoms with Gasteiger partial charge in [0.05, 0.1) is 13.2 Å². The molecule has 2 heterocycles. The maximum Gasteiger partial charge on any atom is 0.227 e. The van der Waals surface area contributed by atoms with Gasteiger partial charge >= 0.3 is 0 Å². The Morgan fingerprint density at radius 3 is 2.59 bits per heavy atom. The van der Waals surface area contributed by atoms with Crippen molar-refractivity contribution in [3.63, 3.8) is 0 Å². The Morgan fingerprint density at radius 2 is 1.89 bits per heavy atom. The van der Waals surface area contributed by atoms with E-state index in [-0.39, 0.29) is 11.4 Å². The minimum Gasteiger partial charge on any atom is -0.380 e. The first-order chi connectivity index (χ1) is 13.1. The van der Waals surface area contributed by atoms with Gasteiger partial charge in [-0.15, -0.1) is 0 Å². The number of fused-ring (bicyclic) bond motifs is 1. The second-order valence-corrected chi connectivity index (χ2v) is 8.46. The highest BCUT2D eigenvalue weighted by molar-refractivity contribution is 5.96. The number of amides is 1. The Morgan fingerprint density at radius 1 is 1.11 bits per heavy atom. The normalized spacial score (nSPS) is 18.7. The van der Waals surface area contributed by atoms with E-state index in [1.807, 2.05) is 6.07 Å². The summed E-state index contributed by atoms with van der Waals surface area (Å²) in [6.07, 6.45) is 4.49. The topological polar surface area (TPSA) is 29.5 Å². The van der Waals surface area contributed by atoms with Crippen LogP contribution < -0.4 is 4.90 Å². The molecular formula is C24H29NO2. The van der Waals surface area contributed by atoms with Crippen molar-refractivity contribution < 1.29 is 9.53 Å². The van der Waals surface area contributed by atoms with Crippen LogP contribution in [0, 0.1) is 0 Å². The Kier molecular flexibility index (Phi) is 5.05. The highest BCUT2D eigenvalue weighted by atomic mass is 16.5. The maximum absolute atomic E-state index is 13.2. The third kappa shape index (κ3) is 3.66. The Bertz CT molecular complexity index is 808. The predicted molar refractivity (Wildman–Crippen MR) is 109 cm³/mol. The van der Waals surface area contributed by atoms with Crippen LogP contribution in [0.2, 0.25) is 0 Å². The lowest BCUT2D eigenvalue weighted by atomic mass is 9.81. The van der Waals surface area contributed by atoms with Crippen LogP contribution in [0.3, 0.4) is 0 Å². The van der Waals surface area contributed by atoms with Crippen molar-refractivity contribution >= 4 is 11.6 Å². The Hall–Kier alpha value is -2.13. The average Bonchev–Trinajstić information content (AvgIpc) is 2.60. The number of benzene rings is 2. The maximum atomic E-state index is 13.2. The smallest absolute Gasteiger partial charge is 0.227 e. The van der Waals surface area contributed by atoms with Gasteiger partial charge in [-0.2, -0.15) is 0 Å². The number of hydrogen-bond donors (Lipinski definition) is 0. The second kappa shape index (κ2) is 7.47. The minimum absolute atomic E-state index is 0.133. The molecule has 0 saturated carbocycles. The molecule has 0 aliphatic carbocycles.